The second kappa shape index (κ2) is 4.36. The van der Waals surface area contributed by atoms with Crippen LogP contribution in [0, 0.1) is 0 Å². The van der Waals surface area contributed by atoms with Crippen molar-refractivity contribution in [3.05, 3.63) is 48.5 Å². The van der Waals surface area contributed by atoms with Gasteiger partial charge in [0.25, 0.3) is 0 Å². The summed E-state index contributed by atoms with van der Waals surface area (Å²) in [6.07, 6.45) is 0. The predicted octanol–water partition coefficient (Wildman–Crippen LogP) is 2.61. The van der Waals surface area contributed by atoms with Crippen molar-refractivity contribution >= 4 is 30.5 Å². The fourth-order valence-electron chi connectivity index (χ4n) is 1.92. The minimum atomic E-state index is 0.482. The second-order valence-electron chi connectivity index (χ2n) is 3.80. The monoisotopic (exact) mass is 288 g/mol. The molecule has 0 saturated heterocycles. The molecule has 0 saturated carbocycles. The molecule has 0 amide bonds. The third-order valence-electron chi connectivity index (χ3n) is 2.75. The molecule has 0 atom stereocenters. The van der Waals surface area contributed by atoms with Gasteiger partial charge in [0.1, 0.15) is 0 Å². The summed E-state index contributed by atoms with van der Waals surface area (Å²) in [5.41, 5.74) is 3.35. The summed E-state index contributed by atoms with van der Waals surface area (Å²) in [7, 11) is 0. The van der Waals surface area contributed by atoms with Crippen LogP contribution in [0.3, 0.4) is 0 Å². The zero-order valence-corrected chi connectivity index (χ0v) is 11.2. The standard InChI is InChI=1S/C14H12N2Se/c1-17-13-9-5-2-6-10(13)14-15-11-7-3-4-8-12(11)16-14/h2-9H,1H3,(H,15,16). The first-order valence-corrected chi connectivity index (χ1v) is 8.03. The third kappa shape index (κ3) is 1.88. The van der Waals surface area contributed by atoms with E-state index in [1.54, 1.807) is 0 Å². The van der Waals surface area contributed by atoms with Crippen molar-refractivity contribution in [1.82, 2.24) is 9.97 Å². The molecular weight excluding hydrogens is 275 g/mol. The molecule has 0 unspecified atom stereocenters. The first-order chi connectivity index (χ1) is 8.38. The van der Waals surface area contributed by atoms with Gasteiger partial charge in [-0.15, -0.1) is 0 Å². The number of imidazole rings is 1. The van der Waals surface area contributed by atoms with Crippen LogP contribution in [0.1, 0.15) is 0 Å². The number of para-hydroxylation sites is 2. The van der Waals surface area contributed by atoms with E-state index in [0.717, 1.165) is 16.9 Å². The van der Waals surface area contributed by atoms with Crippen molar-refractivity contribution in [2.75, 3.05) is 0 Å². The Bertz CT molecular complexity index is 625. The molecule has 17 heavy (non-hydrogen) atoms. The SMILES string of the molecule is C[Se]c1ccccc1-c1nc2ccccc2[nH]1. The van der Waals surface area contributed by atoms with E-state index in [4.69, 9.17) is 0 Å². The molecule has 1 aromatic heterocycles. The number of benzene rings is 2. The fourth-order valence-corrected chi connectivity index (χ4v) is 3.18. The van der Waals surface area contributed by atoms with Crippen molar-refractivity contribution < 1.29 is 0 Å². The van der Waals surface area contributed by atoms with E-state index < -0.39 is 0 Å². The number of hydrogen-bond donors (Lipinski definition) is 1. The Morgan fingerprint density at radius 3 is 2.59 bits per heavy atom. The zero-order chi connectivity index (χ0) is 11.7. The van der Waals surface area contributed by atoms with Gasteiger partial charge in [0.05, 0.1) is 0 Å². The van der Waals surface area contributed by atoms with Crippen molar-refractivity contribution in [1.29, 1.82) is 0 Å². The predicted molar refractivity (Wildman–Crippen MR) is 72.8 cm³/mol. The van der Waals surface area contributed by atoms with Gasteiger partial charge < -0.3 is 0 Å². The van der Waals surface area contributed by atoms with E-state index in [1.165, 1.54) is 10.0 Å². The number of H-pyrrole nitrogens is 1. The van der Waals surface area contributed by atoms with Gasteiger partial charge in [0, 0.05) is 0 Å². The zero-order valence-electron chi connectivity index (χ0n) is 9.47. The van der Waals surface area contributed by atoms with Gasteiger partial charge in [0.2, 0.25) is 0 Å². The number of nitrogens with one attached hydrogen (secondary N) is 1. The molecule has 0 aliphatic heterocycles. The Kier molecular flexibility index (Phi) is 2.71. The molecule has 1 heterocycles. The number of hydrogen-bond acceptors (Lipinski definition) is 1. The van der Waals surface area contributed by atoms with Crippen LogP contribution in [-0.2, 0) is 0 Å². The second-order valence-corrected chi connectivity index (χ2v) is 5.58. The summed E-state index contributed by atoms with van der Waals surface area (Å²) in [6, 6.07) is 16.6. The van der Waals surface area contributed by atoms with Crippen LogP contribution in [0.25, 0.3) is 22.4 Å². The molecule has 0 fully saturated rings. The van der Waals surface area contributed by atoms with E-state index in [2.05, 4.69) is 46.1 Å². The third-order valence-corrected chi connectivity index (χ3v) is 4.42. The number of fused-ring (bicyclic) bond motifs is 1. The van der Waals surface area contributed by atoms with E-state index >= 15 is 0 Å². The van der Waals surface area contributed by atoms with E-state index in [-0.39, 0.29) is 0 Å². The number of aromatic amines is 1. The molecule has 0 aliphatic rings. The normalized spacial score (nSPS) is 10.9. The van der Waals surface area contributed by atoms with Crippen molar-refractivity contribution in [2.24, 2.45) is 0 Å². The van der Waals surface area contributed by atoms with Crippen molar-refractivity contribution in [3.8, 4) is 11.4 Å². The summed E-state index contributed by atoms with van der Waals surface area (Å²) < 4.78 is 1.39. The van der Waals surface area contributed by atoms with Gasteiger partial charge in [0.15, 0.2) is 0 Å². The molecule has 0 aliphatic carbocycles. The van der Waals surface area contributed by atoms with Crippen molar-refractivity contribution in [3.63, 3.8) is 0 Å². The average Bonchev–Trinajstić information content (AvgIpc) is 2.82. The van der Waals surface area contributed by atoms with Crippen LogP contribution in [0.5, 0.6) is 0 Å². The first-order valence-electron chi connectivity index (χ1n) is 5.46. The first kappa shape index (κ1) is 10.6. The molecule has 1 N–H and O–H groups in total. The molecule has 0 radical (unpaired) electrons. The maximum absolute atomic E-state index is 4.65. The topological polar surface area (TPSA) is 28.7 Å². The minimum absolute atomic E-state index is 0.482. The summed E-state index contributed by atoms with van der Waals surface area (Å²) in [6.45, 7) is 0. The molecule has 84 valence electrons. The Labute approximate surface area is 106 Å². The molecule has 3 aromatic rings. The molecule has 0 bridgehead atoms. The summed E-state index contributed by atoms with van der Waals surface area (Å²) in [5, 5.41) is 0. The number of nitrogens with zero attached hydrogens (tertiary/aromatic N) is 1. The Morgan fingerprint density at radius 2 is 1.76 bits per heavy atom. The van der Waals surface area contributed by atoms with Crippen molar-refractivity contribution in [2.45, 2.75) is 5.82 Å². The molecule has 2 nitrogen and oxygen atoms in total. The fraction of sp³-hybridized carbons (Fsp3) is 0.0714. The maximum atomic E-state index is 4.65. The Hall–Kier alpha value is -1.57. The van der Waals surface area contributed by atoms with Gasteiger partial charge >= 0.3 is 106 Å². The van der Waals surface area contributed by atoms with E-state index in [0.29, 0.717) is 15.0 Å². The van der Waals surface area contributed by atoms with Crippen LogP contribution in [-0.4, -0.2) is 24.9 Å². The summed E-state index contributed by atoms with van der Waals surface area (Å²) in [5.74, 6) is 3.21. The summed E-state index contributed by atoms with van der Waals surface area (Å²) in [4.78, 5) is 8.03. The number of rotatable bonds is 2. The van der Waals surface area contributed by atoms with Crippen LogP contribution in [0.15, 0.2) is 48.5 Å². The van der Waals surface area contributed by atoms with Gasteiger partial charge in [-0.2, -0.15) is 0 Å². The number of aromatic nitrogens is 2. The quantitative estimate of drug-likeness (QED) is 0.721. The van der Waals surface area contributed by atoms with E-state index in [1.807, 2.05) is 18.2 Å². The van der Waals surface area contributed by atoms with Crippen LogP contribution in [0.2, 0.25) is 5.82 Å². The van der Waals surface area contributed by atoms with Crippen LogP contribution in [0.4, 0.5) is 0 Å². The molecule has 0 spiro atoms. The van der Waals surface area contributed by atoms with Gasteiger partial charge in [-0.1, -0.05) is 0 Å². The molecule has 3 rings (SSSR count). The Balaban J connectivity index is 2.20. The summed E-state index contributed by atoms with van der Waals surface area (Å²) >= 11 is 0.482. The van der Waals surface area contributed by atoms with Gasteiger partial charge in [-0.25, -0.2) is 0 Å². The van der Waals surface area contributed by atoms with Gasteiger partial charge in [-0.3, -0.25) is 0 Å². The molecule has 3 heteroatoms. The Morgan fingerprint density at radius 1 is 1.00 bits per heavy atom. The van der Waals surface area contributed by atoms with E-state index in [9.17, 15) is 0 Å². The average molecular weight is 287 g/mol. The van der Waals surface area contributed by atoms with Crippen LogP contribution >= 0.6 is 0 Å². The molecular formula is C14H12N2Se. The van der Waals surface area contributed by atoms with Gasteiger partial charge in [-0.05, 0) is 0 Å². The van der Waals surface area contributed by atoms with Crippen LogP contribution < -0.4 is 4.46 Å². The molecule has 2 aromatic carbocycles.